The van der Waals surface area contributed by atoms with Gasteiger partial charge in [0.25, 0.3) is 0 Å². The van der Waals surface area contributed by atoms with Crippen LogP contribution in [-0.4, -0.2) is 23.3 Å². The van der Waals surface area contributed by atoms with Gasteiger partial charge in [-0.3, -0.25) is 8.80 Å². The Labute approximate surface area is 211 Å². The fourth-order valence-electron chi connectivity index (χ4n) is 4.74. The van der Waals surface area contributed by atoms with E-state index in [2.05, 4.69) is 103 Å². The van der Waals surface area contributed by atoms with E-state index in [4.69, 9.17) is 9.97 Å². The van der Waals surface area contributed by atoms with Crippen molar-refractivity contribution in [2.45, 2.75) is 20.8 Å². The minimum Gasteiger partial charge on any atom is -0.276 e. The van der Waals surface area contributed by atoms with Gasteiger partial charge in [0.05, 0.1) is 38.8 Å². The van der Waals surface area contributed by atoms with Crippen LogP contribution in [0.5, 0.6) is 0 Å². The zero-order chi connectivity index (χ0) is 24.1. The maximum absolute atomic E-state index is 5.12. The second-order valence-corrected chi connectivity index (χ2v) is 9.19. The van der Waals surface area contributed by atoms with Crippen molar-refractivity contribution in [2.24, 2.45) is 0 Å². The van der Waals surface area contributed by atoms with Gasteiger partial charge in [-0.25, -0.2) is 14.5 Å². The fraction of sp³-hybridized carbons (Fsp3) is 0.103. The predicted octanol–water partition coefficient (Wildman–Crippen LogP) is 7.89. The lowest BCUT2D eigenvalue weighted by Gasteiger charge is -2.07. The molecule has 0 saturated carbocycles. The standard InChI is InChI=1S/C27H18BrN5.C2H6/c1-17-13-14-24-25(15-17)33-23-12-5-3-10-21(23)30-27(33)31(19-8-6-7-18(28)16-19)26-29-20-9-2-4-11-22(20)32(24)26;1-2/h2-16H,1H3;1-2H3. The minimum absolute atomic E-state index is 0.813. The summed E-state index contributed by atoms with van der Waals surface area (Å²) in [5, 5.41) is 0. The molecule has 0 N–H and O–H groups in total. The lowest BCUT2D eigenvalue weighted by atomic mass is 10.2. The van der Waals surface area contributed by atoms with E-state index in [9.17, 15) is 0 Å². The van der Waals surface area contributed by atoms with Gasteiger partial charge in [-0.05, 0) is 67.1 Å². The molecule has 3 heterocycles. The molecule has 7 aromatic rings. The molecule has 6 heteroatoms. The van der Waals surface area contributed by atoms with Crippen LogP contribution in [0, 0.1) is 6.92 Å². The molecule has 3 aromatic heterocycles. The molecule has 0 amide bonds. The van der Waals surface area contributed by atoms with Gasteiger partial charge in [0.2, 0.25) is 11.6 Å². The smallest absolute Gasteiger partial charge is 0.223 e. The summed E-state index contributed by atoms with van der Waals surface area (Å²) in [4.78, 5) is 10.2. The number of rotatable bonds is 1. The first-order chi connectivity index (χ1) is 17.2. The molecule has 0 aliphatic carbocycles. The summed E-state index contributed by atoms with van der Waals surface area (Å²) in [6.07, 6.45) is 0. The largest absolute Gasteiger partial charge is 0.276 e. The van der Waals surface area contributed by atoms with E-state index in [0.29, 0.717) is 0 Å². The SMILES string of the molecule is CC.Cc1ccc2c(c1)n1c3ccccc3nc1n(-c1cccc(Br)c1)c1nc3ccccc3n21. The van der Waals surface area contributed by atoms with E-state index in [1.54, 1.807) is 0 Å². The maximum atomic E-state index is 5.12. The third-order valence-corrected chi connectivity index (χ3v) is 6.66. The molecule has 0 unspecified atom stereocenters. The Morgan fingerprint density at radius 2 is 1.20 bits per heavy atom. The third kappa shape index (κ3) is 3.28. The first-order valence-electron chi connectivity index (χ1n) is 11.8. The molecule has 5 nitrogen and oxygen atoms in total. The number of para-hydroxylation sites is 4. The van der Waals surface area contributed by atoms with Crippen LogP contribution in [0.4, 0.5) is 0 Å². The van der Waals surface area contributed by atoms with Crippen LogP contribution in [-0.2, 0) is 0 Å². The zero-order valence-corrected chi connectivity index (χ0v) is 21.4. The summed E-state index contributed by atoms with van der Waals surface area (Å²) in [5.74, 6) is 1.63. The molecule has 7 rings (SSSR count). The van der Waals surface area contributed by atoms with Crippen molar-refractivity contribution in [3.05, 3.63) is 101 Å². The number of halogens is 1. The molecule has 0 atom stereocenters. The van der Waals surface area contributed by atoms with E-state index in [-0.39, 0.29) is 0 Å². The van der Waals surface area contributed by atoms with Gasteiger partial charge in [-0.15, -0.1) is 0 Å². The Bertz CT molecular complexity index is 1910. The van der Waals surface area contributed by atoms with E-state index < -0.39 is 0 Å². The highest BCUT2D eigenvalue weighted by molar-refractivity contribution is 9.10. The summed E-state index contributed by atoms with van der Waals surface area (Å²) < 4.78 is 7.65. The van der Waals surface area contributed by atoms with Gasteiger partial charge < -0.3 is 0 Å². The highest BCUT2D eigenvalue weighted by Crippen LogP contribution is 2.30. The fourth-order valence-corrected chi connectivity index (χ4v) is 5.13. The quantitative estimate of drug-likeness (QED) is 0.220. The van der Waals surface area contributed by atoms with Crippen molar-refractivity contribution in [1.82, 2.24) is 23.3 Å². The average molecular weight is 522 g/mol. The highest BCUT2D eigenvalue weighted by Gasteiger charge is 2.18. The molecule has 0 bridgehead atoms. The Morgan fingerprint density at radius 3 is 1.83 bits per heavy atom. The van der Waals surface area contributed by atoms with Crippen molar-refractivity contribution in [1.29, 1.82) is 0 Å². The Kier molecular flexibility index (Phi) is 5.19. The van der Waals surface area contributed by atoms with Crippen LogP contribution < -0.4 is 0 Å². The Morgan fingerprint density at radius 1 is 0.600 bits per heavy atom. The Hall–Kier alpha value is -3.90. The first-order valence-corrected chi connectivity index (χ1v) is 12.6. The summed E-state index contributed by atoms with van der Waals surface area (Å²) in [6, 6.07) is 31.4. The van der Waals surface area contributed by atoms with E-state index >= 15 is 0 Å². The van der Waals surface area contributed by atoms with Crippen LogP contribution in [0.1, 0.15) is 19.4 Å². The van der Waals surface area contributed by atoms with E-state index in [0.717, 1.165) is 54.8 Å². The van der Waals surface area contributed by atoms with E-state index in [1.165, 1.54) is 5.56 Å². The summed E-state index contributed by atoms with van der Waals surface area (Å²) in [5.41, 5.74) is 8.36. The number of aryl methyl sites for hydroxylation is 1. The number of benzene rings is 4. The van der Waals surface area contributed by atoms with Crippen LogP contribution in [0.3, 0.4) is 0 Å². The molecule has 0 spiro atoms. The van der Waals surface area contributed by atoms with Crippen molar-refractivity contribution in [3.8, 4) is 5.69 Å². The van der Waals surface area contributed by atoms with Gasteiger partial charge in [-0.2, -0.15) is 0 Å². The monoisotopic (exact) mass is 521 g/mol. The second kappa shape index (κ2) is 8.40. The molecular weight excluding hydrogens is 498 g/mol. The number of fused-ring (bicyclic) bond motifs is 9. The molecule has 0 fully saturated rings. The summed E-state index contributed by atoms with van der Waals surface area (Å²) >= 11 is 3.65. The number of hydrogen-bond acceptors (Lipinski definition) is 2. The van der Waals surface area contributed by atoms with Gasteiger partial charge in [-0.1, -0.05) is 66.2 Å². The molecule has 0 aliphatic rings. The van der Waals surface area contributed by atoms with Gasteiger partial charge in [0, 0.05) is 4.47 Å². The van der Waals surface area contributed by atoms with Crippen molar-refractivity contribution in [2.75, 3.05) is 0 Å². The van der Waals surface area contributed by atoms with Crippen LogP contribution in [0.15, 0.2) is 95.5 Å². The van der Waals surface area contributed by atoms with Gasteiger partial charge in [0.15, 0.2) is 0 Å². The van der Waals surface area contributed by atoms with Crippen molar-refractivity contribution in [3.63, 3.8) is 0 Å². The second-order valence-electron chi connectivity index (χ2n) is 8.28. The molecular formula is C29H24BrN5. The van der Waals surface area contributed by atoms with Crippen molar-refractivity contribution >= 4 is 60.6 Å². The third-order valence-electron chi connectivity index (χ3n) is 6.17. The molecule has 4 aromatic carbocycles. The number of imidazole rings is 2. The Balaban J connectivity index is 0.00000112. The van der Waals surface area contributed by atoms with E-state index in [1.807, 2.05) is 38.1 Å². The van der Waals surface area contributed by atoms with Gasteiger partial charge >= 0.3 is 0 Å². The highest BCUT2D eigenvalue weighted by atomic mass is 79.9. The van der Waals surface area contributed by atoms with Crippen LogP contribution in [0.25, 0.3) is 50.3 Å². The van der Waals surface area contributed by atoms with Gasteiger partial charge in [0.1, 0.15) is 0 Å². The molecule has 0 saturated heterocycles. The molecule has 172 valence electrons. The summed E-state index contributed by atoms with van der Waals surface area (Å²) in [7, 11) is 0. The van der Waals surface area contributed by atoms with Crippen LogP contribution >= 0.6 is 15.9 Å². The molecule has 0 aliphatic heterocycles. The zero-order valence-electron chi connectivity index (χ0n) is 19.8. The predicted molar refractivity (Wildman–Crippen MR) is 148 cm³/mol. The number of aromatic nitrogens is 5. The molecule has 0 radical (unpaired) electrons. The summed E-state index contributed by atoms with van der Waals surface area (Å²) in [6.45, 7) is 6.13. The van der Waals surface area contributed by atoms with Crippen LogP contribution in [0.2, 0.25) is 0 Å². The average Bonchev–Trinajstić information content (AvgIpc) is 3.41. The maximum Gasteiger partial charge on any atom is 0.223 e. The number of nitrogens with zero attached hydrogens (tertiary/aromatic N) is 5. The lowest BCUT2D eigenvalue weighted by Crippen LogP contribution is -2.01. The minimum atomic E-state index is 0.813. The first kappa shape index (κ1) is 21.6. The normalized spacial score (nSPS) is 11.4. The molecule has 35 heavy (non-hydrogen) atoms. The topological polar surface area (TPSA) is 39.5 Å². The van der Waals surface area contributed by atoms with Crippen molar-refractivity contribution < 1.29 is 0 Å². The number of hydrogen-bond donors (Lipinski definition) is 0. The lowest BCUT2D eigenvalue weighted by molar-refractivity contribution is 1.03.